The van der Waals surface area contributed by atoms with E-state index >= 15 is 0 Å². The maximum atomic E-state index is 5.21. The first kappa shape index (κ1) is 7.85. The lowest BCUT2D eigenvalue weighted by atomic mass is 10.4. The zero-order chi connectivity index (χ0) is 8.10. The van der Waals surface area contributed by atoms with Gasteiger partial charge in [-0.1, -0.05) is 0 Å². The van der Waals surface area contributed by atoms with Gasteiger partial charge in [0.05, 0.1) is 13.7 Å². The van der Waals surface area contributed by atoms with Crippen molar-refractivity contribution in [3.63, 3.8) is 0 Å². The molecule has 0 aromatic carbocycles. The Morgan fingerprint density at radius 1 is 1.64 bits per heavy atom. The minimum Gasteiger partial charge on any atom is -0.488 e. The highest BCUT2D eigenvalue weighted by atomic mass is 16.5. The van der Waals surface area contributed by atoms with Gasteiger partial charge in [0.2, 0.25) is 0 Å². The molecule has 1 rings (SSSR count). The predicted molar refractivity (Wildman–Crippen MR) is 40.8 cm³/mol. The lowest BCUT2D eigenvalue weighted by Crippen LogP contribution is -1.96. The van der Waals surface area contributed by atoms with Crippen LogP contribution in [0.2, 0.25) is 0 Å². The van der Waals surface area contributed by atoms with E-state index in [1.54, 1.807) is 19.4 Å². The van der Waals surface area contributed by atoms with Crippen molar-refractivity contribution in [1.29, 1.82) is 0 Å². The molecule has 3 nitrogen and oxygen atoms in total. The first-order valence-corrected chi connectivity index (χ1v) is 3.41. The van der Waals surface area contributed by atoms with Crippen LogP contribution < -0.4 is 9.47 Å². The van der Waals surface area contributed by atoms with Crippen LogP contribution in [0.5, 0.6) is 11.6 Å². The van der Waals surface area contributed by atoms with Gasteiger partial charge in [-0.05, 0) is 13.0 Å². The van der Waals surface area contributed by atoms with E-state index < -0.39 is 0 Å². The summed E-state index contributed by atoms with van der Waals surface area (Å²) < 4.78 is 10.2. The Labute approximate surface area is 66.0 Å². The van der Waals surface area contributed by atoms with Crippen molar-refractivity contribution < 1.29 is 9.47 Å². The summed E-state index contributed by atoms with van der Waals surface area (Å²) >= 11 is 0. The number of hydrogen-bond donors (Lipinski definition) is 0. The summed E-state index contributed by atoms with van der Waals surface area (Å²) in [6, 6.07) is 4.51. The highest BCUT2D eigenvalue weighted by molar-refractivity contribution is 5.31. The number of aromatic nitrogens is 1. The zero-order valence-corrected chi connectivity index (χ0v) is 6.63. The first-order chi connectivity index (χ1) is 5.38. The van der Waals surface area contributed by atoms with Gasteiger partial charge in [0, 0.05) is 12.3 Å². The van der Waals surface area contributed by atoms with Crippen LogP contribution in [0.3, 0.4) is 0 Å². The van der Waals surface area contributed by atoms with Crippen molar-refractivity contribution in [3.8, 4) is 11.6 Å². The minimum absolute atomic E-state index is 0.505. The van der Waals surface area contributed by atoms with Crippen LogP contribution in [-0.2, 0) is 0 Å². The van der Waals surface area contributed by atoms with Gasteiger partial charge in [-0.15, -0.1) is 0 Å². The third-order valence-corrected chi connectivity index (χ3v) is 1.17. The van der Waals surface area contributed by atoms with Gasteiger partial charge in [0.1, 0.15) is 0 Å². The van der Waals surface area contributed by atoms with E-state index in [1.165, 1.54) is 0 Å². The molecule has 0 aliphatic heterocycles. The fourth-order valence-electron chi connectivity index (χ4n) is 0.746. The quantitative estimate of drug-likeness (QED) is 0.654. The summed E-state index contributed by atoms with van der Waals surface area (Å²) in [5.41, 5.74) is 0. The first-order valence-electron chi connectivity index (χ1n) is 3.41. The summed E-state index contributed by atoms with van der Waals surface area (Å²) in [5, 5.41) is 0. The van der Waals surface area contributed by atoms with Gasteiger partial charge in [-0.2, -0.15) is 0 Å². The fourth-order valence-corrected chi connectivity index (χ4v) is 0.746. The molecule has 0 spiro atoms. The number of hydrogen-bond acceptors (Lipinski definition) is 3. The monoisotopic (exact) mass is 152 g/mol. The van der Waals surface area contributed by atoms with E-state index in [0.717, 1.165) is 0 Å². The molecule has 59 valence electrons. The normalized spacial score (nSPS) is 9.27. The second-order valence-corrected chi connectivity index (χ2v) is 1.88. The smallest absolute Gasteiger partial charge is 0.256 e. The molecular formula is C8H10NO2. The molecule has 1 radical (unpaired) electrons. The third kappa shape index (κ3) is 1.83. The van der Waals surface area contributed by atoms with E-state index in [4.69, 9.17) is 9.47 Å². The Balaban J connectivity index is 2.83. The van der Waals surface area contributed by atoms with E-state index in [1.807, 2.05) is 6.92 Å². The molecule has 0 atom stereocenters. The Morgan fingerprint density at radius 2 is 2.45 bits per heavy atom. The van der Waals surface area contributed by atoms with Gasteiger partial charge < -0.3 is 9.47 Å². The van der Waals surface area contributed by atoms with Crippen molar-refractivity contribution in [2.24, 2.45) is 0 Å². The van der Waals surface area contributed by atoms with Crippen LogP contribution in [-0.4, -0.2) is 18.7 Å². The molecule has 11 heavy (non-hydrogen) atoms. The molecular weight excluding hydrogens is 142 g/mol. The van der Waals surface area contributed by atoms with Crippen molar-refractivity contribution in [1.82, 2.24) is 4.98 Å². The summed E-state index contributed by atoms with van der Waals surface area (Å²) in [6.45, 7) is 2.52. The fraction of sp³-hybridized carbons (Fsp3) is 0.375. The van der Waals surface area contributed by atoms with E-state index in [-0.39, 0.29) is 0 Å². The summed E-state index contributed by atoms with van der Waals surface area (Å²) in [4.78, 5) is 3.91. The van der Waals surface area contributed by atoms with Crippen LogP contribution >= 0.6 is 0 Å². The second kappa shape index (κ2) is 3.81. The largest absolute Gasteiger partial charge is 0.488 e. The molecule has 1 heterocycles. The lowest BCUT2D eigenvalue weighted by Gasteiger charge is -2.05. The number of nitrogens with zero attached hydrogens (tertiary/aromatic N) is 1. The molecule has 0 saturated carbocycles. The highest BCUT2D eigenvalue weighted by Gasteiger charge is 2.01. The molecule has 0 amide bonds. The van der Waals surface area contributed by atoms with Crippen molar-refractivity contribution in [3.05, 3.63) is 18.3 Å². The molecule has 0 N–H and O–H groups in total. The van der Waals surface area contributed by atoms with Gasteiger partial charge in [0.25, 0.3) is 5.88 Å². The van der Waals surface area contributed by atoms with E-state index in [0.29, 0.717) is 18.2 Å². The highest BCUT2D eigenvalue weighted by Crippen LogP contribution is 2.21. The van der Waals surface area contributed by atoms with Gasteiger partial charge in [-0.25, -0.2) is 4.98 Å². The molecule has 0 aliphatic rings. The van der Waals surface area contributed by atoms with E-state index in [2.05, 4.69) is 11.1 Å². The number of rotatable bonds is 3. The zero-order valence-electron chi connectivity index (χ0n) is 6.63. The Kier molecular flexibility index (Phi) is 2.72. The van der Waals surface area contributed by atoms with Crippen molar-refractivity contribution in [2.45, 2.75) is 6.92 Å². The Hall–Kier alpha value is -1.25. The molecule has 3 heteroatoms. The molecule has 0 aliphatic carbocycles. The maximum Gasteiger partial charge on any atom is 0.256 e. The molecule has 1 aromatic rings. The van der Waals surface area contributed by atoms with Crippen molar-refractivity contribution >= 4 is 0 Å². The summed E-state index contributed by atoms with van der Waals surface area (Å²) in [6.07, 6.45) is 1.54. The van der Waals surface area contributed by atoms with Crippen molar-refractivity contribution in [2.75, 3.05) is 13.7 Å². The molecule has 1 aromatic heterocycles. The lowest BCUT2D eigenvalue weighted by molar-refractivity contribution is 0.304. The topological polar surface area (TPSA) is 31.4 Å². The third-order valence-electron chi connectivity index (χ3n) is 1.17. The Bertz CT molecular complexity index is 225. The van der Waals surface area contributed by atoms with Gasteiger partial charge in [0.15, 0.2) is 5.75 Å². The maximum absolute atomic E-state index is 5.21. The second-order valence-electron chi connectivity index (χ2n) is 1.88. The number of methoxy groups -OCH3 is 1. The molecule has 0 fully saturated rings. The minimum atomic E-state index is 0.505. The predicted octanol–water partition coefficient (Wildman–Crippen LogP) is 1.29. The average Bonchev–Trinajstić information content (AvgIpc) is 2.06. The van der Waals surface area contributed by atoms with Crippen LogP contribution in [0.1, 0.15) is 6.92 Å². The molecule has 0 saturated heterocycles. The number of ether oxygens (including phenoxy) is 2. The van der Waals surface area contributed by atoms with Crippen LogP contribution in [0.15, 0.2) is 12.3 Å². The van der Waals surface area contributed by atoms with Gasteiger partial charge in [-0.3, -0.25) is 0 Å². The SMILES string of the molecule is CCOc1c[c]cnc1OC. The molecule has 0 unspecified atom stereocenters. The summed E-state index contributed by atoms with van der Waals surface area (Å²) in [5.74, 6) is 1.14. The molecule has 0 bridgehead atoms. The van der Waals surface area contributed by atoms with Crippen LogP contribution in [0.25, 0.3) is 0 Å². The average molecular weight is 152 g/mol. The van der Waals surface area contributed by atoms with Crippen LogP contribution in [0, 0.1) is 6.07 Å². The Morgan fingerprint density at radius 3 is 3.09 bits per heavy atom. The summed E-state index contributed by atoms with van der Waals surface area (Å²) in [7, 11) is 1.56. The standard InChI is InChI=1S/C8H10NO2/c1-3-11-7-5-4-6-9-8(7)10-2/h5-6H,3H2,1-2H3. The van der Waals surface area contributed by atoms with E-state index in [9.17, 15) is 0 Å². The number of pyridine rings is 1. The van der Waals surface area contributed by atoms with Crippen LogP contribution in [0.4, 0.5) is 0 Å². The van der Waals surface area contributed by atoms with Gasteiger partial charge >= 0.3 is 0 Å².